The third-order valence-corrected chi connectivity index (χ3v) is 5.12. The SMILES string of the molecule is COc1cc2c(c(F)c1Br)OC[C@H]1CN(B(C)O)CCN1C2. The molecule has 0 bridgehead atoms. The number of nitrogens with zero attached hydrogens (tertiary/aromatic N) is 2. The quantitative estimate of drug-likeness (QED) is 0.798. The lowest BCUT2D eigenvalue weighted by molar-refractivity contribution is 0.0780. The maximum atomic E-state index is 14.5. The highest BCUT2D eigenvalue weighted by atomic mass is 79.9. The molecule has 0 spiro atoms. The second kappa shape index (κ2) is 6.35. The summed E-state index contributed by atoms with van der Waals surface area (Å²) in [5.41, 5.74) is 0.797. The van der Waals surface area contributed by atoms with Crippen molar-refractivity contribution in [1.29, 1.82) is 0 Å². The Morgan fingerprint density at radius 1 is 1.50 bits per heavy atom. The zero-order valence-corrected chi connectivity index (χ0v) is 14.3. The molecule has 1 aromatic rings. The number of hydrogen-bond acceptors (Lipinski definition) is 5. The molecule has 2 heterocycles. The normalized spacial score (nSPS) is 22.3. The van der Waals surface area contributed by atoms with Gasteiger partial charge in [0, 0.05) is 31.7 Å². The minimum Gasteiger partial charge on any atom is -0.495 e. The molecule has 22 heavy (non-hydrogen) atoms. The minimum absolute atomic E-state index is 0.139. The summed E-state index contributed by atoms with van der Waals surface area (Å²) in [5, 5.41) is 9.74. The van der Waals surface area contributed by atoms with Gasteiger partial charge in [-0.3, -0.25) is 4.90 Å². The van der Waals surface area contributed by atoms with Crippen LogP contribution in [0.25, 0.3) is 0 Å². The molecular weight excluding hydrogens is 354 g/mol. The van der Waals surface area contributed by atoms with Crippen LogP contribution in [0.15, 0.2) is 10.5 Å². The number of fused-ring (bicyclic) bond motifs is 2. The summed E-state index contributed by atoms with van der Waals surface area (Å²) in [6, 6.07) is 1.96. The maximum absolute atomic E-state index is 14.5. The van der Waals surface area contributed by atoms with Gasteiger partial charge in [-0.05, 0) is 28.8 Å². The molecule has 5 nitrogen and oxygen atoms in total. The van der Waals surface area contributed by atoms with E-state index in [0.717, 1.165) is 18.7 Å². The number of benzene rings is 1. The lowest BCUT2D eigenvalue weighted by Gasteiger charge is -2.40. The highest BCUT2D eigenvalue weighted by Gasteiger charge is 2.34. The van der Waals surface area contributed by atoms with Crippen molar-refractivity contribution in [1.82, 2.24) is 9.71 Å². The first-order valence-electron chi connectivity index (χ1n) is 7.35. The van der Waals surface area contributed by atoms with Crippen LogP contribution in [0.1, 0.15) is 5.56 Å². The molecule has 1 saturated heterocycles. The largest absolute Gasteiger partial charge is 0.495 e. The molecule has 3 rings (SSSR count). The van der Waals surface area contributed by atoms with Crippen molar-refractivity contribution in [2.24, 2.45) is 0 Å². The van der Waals surface area contributed by atoms with Crippen LogP contribution < -0.4 is 9.47 Å². The third-order valence-electron chi connectivity index (χ3n) is 4.38. The van der Waals surface area contributed by atoms with E-state index in [1.54, 1.807) is 6.82 Å². The summed E-state index contributed by atoms with van der Waals surface area (Å²) in [4.78, 5) is 4.28. The van der Waals surface area contributed by atoms with Gasteiger partial charge in [0.05, 0.1) is 17.6 Å². The summed E-state index contributed by atoms with van der Waals surface area (Å²) < 4.78 is 25.7. The fourth-order valence-electron chi connectivity index (χ4n) is 3.08. The van der Waals surface area contributed by atoms with Gasteiger partial charge in [0.15, 0.2) is 11.6 Å². The van der Waals surface area contributed by atoms with Crippen molar-refractivity contribution in [3.63, 3.8) is 0 Å². The minimum atomic E-state index is -0.473. The Morgan fingerprint density at radius 3 is 2.95 bits per heavy atom. The number of piperazine rings is 1. The van der Waals surface area contributed by atoms with E-state index >= 15 is 0 Å². The molecule has 0 radical (unpaired) electrons. The monoisotopic (exact) mass is 372 g/mol. The summed E-state index contributed by atoms with van der Waals surface area (Å²) in [6.45, 7) is 5.12. The van der Waals surface area contributed by atoms with Crippen LogP contribution in [0.2, 0.25) is 6.82 Å². The fourth-order valence-corrected chi connectivity index (χ4v) is 3.54. The molecule has 1 fully saturated rings. The van der Waals surface area contributed by atoms with E-state index in [4.69, 9.17) is 9.47 Å². The Balaban J connectivity index is 1.88. The number of methoxy groups -OCH3 is 1. The second-order valence-corrected chi connectivity index (χ2v) is 6.55. The molecule has 0 saturated carbocycles. The molecular formula is C14H19BBrFN2O3. The standard InChI is InChI=1S/C14H19BBrFN2O3/c1-15(20)19-4-3-18-6-9-5-11(21-2)12(16)13(17)14(9)22-8-10(18)7-19/h5,10,20H,3-4,6-8H2,1-2H3/t10-/m1/s1. The Bertz CT molecular complexity index is 576. The smallest absolute Gasteiger partial charge is 0.376 e. The first kappa shape index (κ1) is 16.0. The molecule has 0 amide bonds. The fraction of sp³-hybridized carbons (Fsp3) is 0.571. The average molecular weight is 373 g/mol. The van der Waals surface area contributed by atoms with E-state index in [1.807, 2.05) is 10.9 Å². The predicted octanol–water partition coefficient (Wildman–Crippen LogP) is 1.59. The van der Waals surface area contributed by atoms with Gasteiger partial charge >= 0.3 is 7.05 Å². The van der Waals surface area contributed by atoms with Crippen LogP contribution in [0.5, 0.6) is 11.5 Å². The molecule has 1 atom stereocenters. The van der Waals surface area contributed by atoms with Gasteiger partial charge in [-0.1, -0.05) is 0 Å². The van der Waals surface area contributed by atoms with Crippen LogP contribution in [-0.2, 0) is 6.54 Å². The first-order valence-corrected chi connectivity index (χ1v) is 8.14. The summed E-state index contributed by atoms with van der Waals surface area (Å²) in [7, 11) is 1.05. The highest BCUT2D eigenvalue weighted by Crippen LogP contribution is 2.39. The molecule has 0 unspecified atom stereocenters. The highest BCUT2D eigenvalue weighted by molar-refractivity contribution is 9.10. The Kier molecular flexibility index (Phi) is 4.63. The molecule has 0 aromatic heterocycles. The van der Waals surface area contributed by atoms with Crippen LogP contribution in [0, 0.1) is 5.82 Å². The molecule has 1 aromatic carbocycles. The summed E-state index contributed by atoms with van der Waals surface area (Å²) in [6.07, 6.45) is 0. The van der Waals surface area contributed by atoms with Crippen molar-refractivity contribution in [3.05, 3.63) is 21.9 Å². The second-order valence-electron chi connectivity index (χ2n) is 5.76. The zero-order valence-electron chi connectivity index (χ0n) is 12.7. The predicted molar refractivity (Wildman–Crippen MR) is 85.8 cm³/mol. The van der Waals surface area contributed by atoms with Gasteiger partial charge in [-0.25, -0.2) is 4.39 Å². The van der Waals surface area contributed by atoms with Crippen LogP contribution in [0.4, 0.5) is 4.39 Å². The van der Waals surface area contributed by atoms with Gasteiger partial charge in [-0.2, -0.15) is 0 Å². The summed E-state index contributed by atoms with van der Waals surface area (Å²) >= 11 is 3.22. The molecule has 0 aliphatic carbocycles. The number of ether oxygens (including phenoxy) is 2. The van der Waals surface area contributed by atoms with E-state index < -0.39 is 12.9 Å². The molecule has 1 N–H and O–H groups in total. The lowest BCUT2D eigenvalue weighted by atomic mass is 9.83. The maximum Gasteiger partial charge on any atom is 0.376 e. The van der Waals surface area contributed by atoms with Crippen molar-refractivity contribution < 1.29 is 18.9 Å². The Morgan fingerprint density at radius 2 is 2.27 bits per heavy atom. The number of halogens is 2. The van der Waals surface area contributed by atoms with E-state index in [1.165, 1.54) is 7.11 Å². The Labute approximate surface area is 138 Å². The number of hydrogen-bond donors (Lipinski definition) is 1. The van der Waals surface area contributed by atoms with Gasteiger partial charge in [0.2, 0.25) is 0 Å². The first-order chi connectivity index (χ1) is 10.5. The van der Waals surface area contributed by atoms with Crippen molar-refractivity contribution in [2.75, 3.05) is 33.4 Å². The van der Waals surface area contributed by atoms with Gasteiger partial charge < -0.3 is 19.3 Å². The van der Waals surface area contributed by atoms with Crippen LogP contribution >= 0.6 is 15.9 Å². The molecule has 2 aliphatic heterocycles. The van der Waals surface area contributed by atoms with Gasteiger partial charge in [0.25, 0.3) is 0 Å². The van der Waals surface area contributed by atoms with Crippen molar-refractivity contribution >= 4 is 23.0 Å². The van der Waals surface area contributed by atoms with E-state index in [2.05, 4.69) is 20.8 Å². The summed E-state index contributed by atoms with van der Waals surface area (Å²) in [5.74, 6) is 0.355. The zero-order chi connectivity index (χ0) is 15.9. The van der Waals surface area contributed by atoms with Gasteiger partial charge in [0.1, 0.15) is 12.4 Å². The van der Waals surface area contributed by atoms with Crippen LogP contribution in [0.3, 0.4) is 0 Å². The third kappa shape index (κ3) is 2.85. The topological polar surface area (TPSA) is 45.2 Å². The lowest BCUT2D eigenvalue weighted by Crippen LogP contribution is -2.57. The van der Waals surface area contributed by atoms with Gasteiger partial charge in [-0.15, -0.1) is 0 Å². The van der Waals surface area contributed by atoms with E-state index in [9.17, 15) is 9.41 Å². The Hall–Kier alpha value is -0.825. The van der Waals surface area contributed by atoms with Crippen LogP contribution in [-0.4, -0.2) is 61.2 Å². The molecule has 120 valence electrons. The van der Waals surface area contributed by atoms with Crippen molar-refractivity contribution in [3.8, 4) is 11.5 Å². The number of rotatable bonds is 2. The van der Waals surface area contributed by atoms with E-state index in [-0.39, 0.29) is 6.04 Å². The average Bonchev–Trinajstić information content (AvgIpc) is 2.69. The molecule has 8 heteroatoms. The molecule has 2 aliphatic rings. The van der Waals surface area contributed by atoms with Crippen molar-refractivity contribution in [2.45, 2.75) is 19.4 Å². The van der Waals surface area contributed by atoms with E-state index in [0.29, 0.717) is 35.7 Å².